The monoisotopic (exact) mass is 700 g/mol. The molecule has 0 fully saturated rings. The van der Waals surface area contributed by atoms with E-state index in [1.807, 2.05) is 32.0 Å². The number of nitrogens with zero attached hydrogens (tertiary/aromatic N) is 3. The molecule has 0 saturated carbocycles. The van der Waals surface area contributed by atoms with E-state index in [0.29, 0.717) is 44.8 Å². The number of para-hydroxylation sites is 1. The van der Waals surface area contributed by atoms with E-state index in [-0.39, 0.29) is 23.8 Å². The van der Waals surface area contributed by atoms with Crippen molar-refractivity contribution >= 4 is 44.6 Å². The normalized spacial score (nSPS) is 11.3. The second-order valence-corrected chi connectivity index (χ2v) is 11.8. The van der Waals surface area contributed by atoms with Crippen molar-refractivity contribution in [2.45, 2.75) is 33.6 Å². The number of hydrogen-bond donors (Lipinski definition) is 1. The summed E-state index contributed by atoms with van der Waals surface area (Å²) in [6.45, 7) is 8.27. The lowest BCUT2D eigenvalue weighted by atomic mass is 9.96. The average molecular weight is 702 g/mol. The SMILES string of the molecule is CCOc1cc(C)c(-c2nc3ccccc3c(=O)n2N=Cc2cc(Br)c(OCC(=O)Nc3cccc(F)c3)c(OC)c2)cc1C(C)C. The van der Waals surface area contributed by atoms with E-state index in [9.17, 15) is 14.0 Å². The highest BCUT2D eigenvalue weighted by molar-refractivity contribution is 9.10. The van der Waals surface area contributed by atoms with Gasteiger partial charge in [-0.25, -0.2) is 9.37 Å². The molecular formula is C36H34BrFN4O5. The number of carbonyl (C=O) groups is 1. The van der Waals surface area contributed by atoms with Crippen LogP contribution in [0.15, 0.2) is 87.2 Å². The molecular weight excluding hydrogens is 667 g/mol. The van der Waals surface area contributed by atoms with Gasteiger partial charge in [0.25, 0.3) is 11.5 Å². The van der Waals surface area contributed by atoms with Crippen molar-refractivity contribution in [2.24, 2.45) is 5.10 Å². The summed E-state index contributed by atoms with van der Waals surface area (Å²) >= 11 is 3.50. The zero-order valence-corrected chi connectivity index (χ0v) is 28.2. The molecule has 1 N–H and O–H groups in total. The quantitative estimate of drug-likeness (QED) is 0.142. The van der Waals surface area contributed by atoms with Crippen LogP contribution in [-0.2, 0) is 4.79 Å². The van der Waals surface area contributed by atoms with Crippen molar-refractivity contribution in [3.8, 4) is 28.6 Å². The Balaban J connectivity index is 1.51. The number of ether oxygens (including phenoxy) is 3. The fourth-order valence-corrected chi connectivity index (χ4v) is 5.63. The summed E-state index contributed by atoms with van der Waals surface area (Å²) in [5, 5.41) is 7.65. The maximum Gasteiger partial charge on any atom is 0.282 e. The minimum atomic E-state index is -0.476. The molecule has 4 aromatic carbocycles. The van der Waals surface area contributed by atoms with Gasteiger partial charge in [0, 0.05) is 11.3 Å². The molecule has 9 nitrogen and oxygen atoms in total. The predicted molar refractivity (Wildman–Crippen MR) is 186 cm³/mol. The zero-order valence-electron chi connectivity index (χ0n) is 26.6. The first kappa shape index (κ1) is 33.3. The number of aromatic nitrogens is 2. The zero-order chi connectivity index (χ0) is 33.7. The van der Waals surface area contributed by atoms with Gasteiger partial charge in [0.05, 0.1) is 35.3 Å². The predicted octanol–water partition coefficient (Wildman–Crippen LogP) is 7.70. The Morgan fingerprint density at radius 1 is 1.06 bits per heavy atom. The second-order valence-electron chi connectivity index (χ2n) is 11.0. The molecule has 0 saturated heterocycles. The second kappa shape index (κ2) is 14.6. The minimum Gasteiger partial charge on any atom is -0.494 e. The number of rotatable bonds is 11. The number of benzene rings is 4. The minimum absolute atomic E-state index is 0.165. The molecule has 0 aliphatic carbocycles. The molecule has 0 bridgehead atoms. The average Bonchev–Trinajstić information content (AvgIpc) is 3.03. The van der Waals surface area contributed by atoms with Crippen LogP contribution < -0.4 is 25.1 Å². The molecule has 0 aliphatic heterocycles. The molecule has 0 radical (unpaired) electrons. The van der Waals surface area contributed by atoms with Crippen LogP contribution >= 0.6 is 15.9 Å². The lowest BCUT2D eigenvalue weighted by Crippen LogP contribution is -2.21. The fraction of sp³-hybridized carbons (Fsp3) is 0.222. The third-order valence-electron chi connectivity index (χ3n) is 7.30. The molecule has 0 unspecified atom stereocenters. The smallest absolute Gasteiger partial charge is 0.282 e. The summed E-state index contributed by atoms with van der Waals surface area (Å²) in [5.41, 5.74) is 3.78. The number of anilines is 1. The highest BCUT2D eigenvalue weighted by Crippen LogP contribution is 2.37. The van der Waals surface area contributed by atoms with Gasteiger partial charge >= 0.3 is 0 Å². The summed E-state index contributed by atoms with van der Waals surface area (Å²) in [4.78, 5) is 31.2. The molecule has 0 spiro atoms. The van der Waals surface area contributed by atoms with Crippen LogP contribution in [0.2, 0.25) is 0 Å². The molecule has 1 aromatic heterocycles. The van der Waals surface area contributed by atoms with Gasteiger partial charge in [0.1, 0.15) is 11.6 Å². The van der Waals surface area contributed by atoms with Crippen molar-refractivity contribution in [3.63, 3.8) is 0 Å². The summed E-state index contributed by atoms with van der Waals surface area (Å²) in [7, 11) is 1.47. The number of halogens is 2. The van der Waals surface area contributed by atoms with Crippen LogP contribution in [0, 0.1) is 12.7 Å². The van der Waals surface area contributed by atoms with E-state index in [2.05, 4.69) is 40.2 Å². The molecule has 242 valence electrons. The summed E-state index contributed by atoms with van der Waals surface area (Å²) < 4.78 is 32.5. The fourth-order valence-electron chi connectivity index (χ4n) is 5.06. The summed E-state index contributed by atoms with van der Waals surface area (Å²) in [6.07, 6.45) is 1.53. The lowest BCUT2D eigenvalue weighted by Gasteiger charge is -2.18. The van der Waals surface area contributed by atoms with Crippen LogP contribution in [0.25, 0.3) is 22.3 Å². The Morgan fingerprint density at radius 3 is 2.57 bits per heavy atom. The number of fused-ring (bicyclic) bond motifs is 1. The van der Waals surface area contributed by atoms with Crippen LogP contribution in [-0.4, -0.2) is 42.1 Å². The van der Waals surface area contributed by atoms with E-state index in [0.717, 1.165) is 22.4 Å². The van der Waals surface area contributed by atoms with Gasteiger partial charge in [0.2, 0.25) is 0 Å². The first-order chi connectivity index (χ1) is 22.6. The maximum absolute atomic E-state index is 13.9. The number of hydrogen-bond acceptors (Lipinski definition) is 7. The van der Waals surface area contributed by atoms with Gasteiger partial charge in [-0.2, -0.15) is 9.78 Å². The molecule has 0 aliphatic rings. The Hall–Kier alpha value is -5.03. The number of amides is 1. The van der Waals surface area contributed by atoms with E-state index >= 15 is 0 Å². The number of methoxy groups -OCH3 is 1. The summed E-state index contributed by atoms with van der Waals surface area (Å²) in [5.74, 6) is 1.03. The molecule has 5 rings (SSSR count). The van der Waals surface area contributed by atoms with Crippen molar-refractivity contribution in [1.82, 2.24) is 9.66 Å². The number of aryl methyl sites for hydroxylation is 1. The van der Waals surface area contributed by atoms with Gasteiger partial charge in [-0.05, 0) is 107 Å². The standard InChI is InChI=1S/C36H34BrFN4O5/c1-6-46-31-14-22(4)28(18-27(31)21(2)3)35-41-30-13-8-7-12-26(30)36(44)42(35)39-19-23-15-29(37)34(32(16-23)45-5)47-20-33(43)40-25-11-9-10-24(38)17-25/h7-19,21H,6,20H2,1-5H3,(H,40,43). The highest BCUT2D eigenvalue weighted by Gasteiger charge is 2.19. The lowest BCUT2D eigenvalue weighted by molar-refractivity contribution is -0.118. The van der Waals surface area contributed by atoms with Crippen LogP contribution in [0.3, 0.4) is 0 Å². The van der Waals surface area contributed by atoms with Crippen LogP contribution in [0.1, 0.15) is 43.4 Å². The van der Waals surface area contributed by atoms with Crippen LogP contribution in [0.4, 0.5) is 10.1 Å². The first-order valence-electron chi connectivity index (χ1n) is 15.0. The van der Waals surface area contributed by atoms with Crippen molar-refractivity contribution < 1.29 is 23.4 Å². The van der Waals surface area contributed by atoms with Gasteiger partial charge in [-0.3, -0.25) is 9.59 Å². The Morgan fingerprint density at radius 2 is 1.85 bits per heavy atom. The summed E-state index contributed by atoms with van der Waals surface area (Å²) in [6, 6.07) is 20.1. The van der Waals surface area contributed by atoms with Crippen LogP contribution in [0.5, 0.6) is 17.2 Å². The maximum atomic E-state index is 13.9. The largest absolute Gasteiger partial charge is 0.494 e. The van der Waals surface area contributed by atoms with Gasteiger partial charge in [-0.1, -0.05) is 32.0 Å². The third-order valence-corrected chi connectivity index (χ3v) is 7.89. The number of nitrogens with one attached hydrogen (secondary N) is 1. The van der Waals surface area contributed by atoms with Crippen molar-refractivity contribution in [1.29, 1.82) is 0 Å². The third kappa shape index (κ3) is 7.52. The van der Waals surface area contributed by atoms with E-state index < -0.39 is 11.7 Å². The van der Waals surface area contributed by atoms with Crippen molar-refractivity contribution in [2.75, 3.05) is 25.6 Å². The molecule has 11 heteroatoms. The molecule has 47 heavy (non-hydrogen) atoms. The Kier molecular flexibility index (Phi) is 10.4. The van der Waals surface area contributed by atoms with Gasteiger partial charge in [-0.15, -0.1) is 0 Å². The van der Waals surface area contributed by atoms with E-state index in [1.54, 1.807) is 36.4 Å². The number of carbonyl (C=O) groups excluding carboxylic acids is 1. The molecule has 1 amide bonds. The Labute approximate surface area is 280 Å². The van der Waals surface area contributed by atoms with E-state index in [4.69, 9.17) is 19.2 Å². The Bertz CT molecular complexity index is 2040. The molecule has 0 atom stereocenters. The van der Waals surface area contributed by atoms with Crippen molar-refractivity contribution in [3.05, 3.63) is 110 Å². The van der Waals surface area contributed by atoms with Gasteiger partial charge in [0.15, 0.2) is 23.9 Å². The van der Waals surface area contributed by atoms with E-state index in [1.165, 1.54) is 36.2 Å². The molecule has 5 aromatic rings. The highest BCUT2D eigenvalue weighted by atomic mass is 79.9. The topological polar surface area (TPSA) is 104 Å². The van der Waals surface area contributed by atoms with Gasteiger partial charge < -0.3 is 19.5 Å². The first-order valence-corrected chi connectivity index (χ1v) is 15.8. The molecule has 1 heterocycles.